The van der Waals surface area contributed by atoms with Crippen LogP contribution >= 0.6 is 22.9 Å². The Bertz CT molecular complexity index is 122. The summed E-state index contributed by atoms with van der Waals surface area (Å²) in [5, 5.41) is 3.06. The maximum atomic E-state index is 5.39. The zero-order valence-electron chi connectivity index (χ0n) is 4.97. The van der Waals surface area contributed by atoms with Crippen molar-refractivity contribution < 1.29 is 0 Å². The Kier molecular flexibility index (Phi) is 2.52. The SMILES string of the molecule is NN(I)C1=NCCCN1. The molecule has 0 aromatic rings. The Morgan fingerprint density at radius 2 is 2.56 bits per heavy atom. The molecular formula is C4H9IN4. The molecule has 0 saturated heterocycles. The van der Waals surface area contributed by atoms with E-state index in [1.165, 1.54) is 3.22 Å². The fourth-order valence-corrected chi connectivity index (χ4v) is 0.986. The average molecular weight is 240 g/mol. The van der Waals surface area contributed by atoms with Gasteiger partial charge >= 0.3 is 0 Å². The predicted molar refractivity (Wildman–Crippen MR) is 45.0 cm³/mol. The van der Waals surface area contributed by atoms with E-state index >= 15 is 0 Å². The molecule has 1 aliphatic rings. The molecule has 0 atom stereocenters. The van der Waals surface area contributed by atoms with Crippen LogP contribution < -0.4 is 11.2 Å². The first-order chi connectivity index (χ1) is 4.30. The van der Waals surface area contributed by atoms with Crippen molar-refractivity contribution in [2.24, 2.45) is 10.8 Å². The van der Waals surface area contributed by atoms with Crippen LogP contribution in [0.4, 0.5) is 0 Å². The van der Waals surface area contributed by atoms with Crippen LogP contribution in [0.1, 0.15) is 6.42 Å². The Balaban J connectivity index is 2.46. The third-order valence-corrected chi connectivity index (χ3v) is 1.54. The van der Waals surface area contributed by atoms with Gasteiger partial charge in [-0.1, -0.05) is 0 Å². The third-order valence-electron chi connectivity index (χ3n) is 1.08. The van der Waals surface area contributed by atoms with Gasteiger partial charge in [-0.05, 0) is 6.42 Å². The first-order valence-corrected chi connectivity index (χ1v) is 3.76. The molecule has 0 bridgehead atoms. The van der Waals surface area contributed by atoms with Crippen LogP contribution in [0.3, 0.4) is 0 Å². The zero-order valence-corrected chi connectivity index (χ0v) is 7.13. The van der Waals surface area contributed by atoms with E-state index in [4.69, 9.17) is 5.84 Å². The second-order valence-electron chi connectivity index (χ2n) is 1.80. The molecule has 0 amide bonds. The van der Waals surface area contributed by atoms with Crippen molar-refractivity contribution in [1.29, 1.82) is 0 Å². The van der Waals surface area contributed by atoms with Crippen LogP contribution in [0.15, 0.2) is 4.99 Å². The molecule has 1 aliphatic heterocycles. The molecule has 0 fully saturated rings. The van der Waals surface area contributed by atoms with E-state index in [1.54, 1.807) is 0 Å². The van der Waals surface area contributed by atoms with E-state index in [-0.39, 0.29) is 0 Å². The number of halogens is 1. The van der Waals surface area contributed by atoms with E-state index in [0.717, 1.165) is 25.5 Å². The summed E-state index contributed by atoms with van der Waals surface area (Å²) in [4.78, 5) is 4.13. The average Bonchev–Trinajstić information content (AvgIpc) is 1.90. The van der Waals surface area contributed by atoms with Crippen LogP contribution in [-0.2, 0) is 0 Å². The van der Waals surface area contributed by atoms with Gasteiger partial charge in [-0.15, -0.1) is 0 Å². The van der Waals surface area contributed by atoms with Gasteiger partial charge in [0.05, 0.1) is 22.9 Å². The normalized spacial score (nSPS) is 18.2. The van der Waals surface area contributed by atoms with Crippen molar-refractivity contribution in [2.45, 2.75) is 6.42 Å². The van der Waals surface area contributed by atoms with Crippen LogP contribution in [0, 0.1) is 0 Å². The predicted octanol–water partition coefficient (Wildman–Crippen LogP) is -0.139. The number of hydrazine groups is 1. The number of rotatable bonds is 0. The lowest BCUT2D eigenvalue weighted by Gasteiger charge is -2.17. The van der Waals surface area contributed by atoms with Crippen molar-refractivity contribution >= 4 is 28.8 Å². The highest BCUT2D eigenvalue weighted by Crippen LogP contribution is 1.95. The quantitative estimate of drug-likeness (QED) is 0.268. The lowest BCUT2D eigenvalue weighted by atomic mass is 10.4. The van der Waals surface area contributed by atoms with E-state index < -0.39 is 0 Å². The summed E-state index contributed by atoms with van der Waals surface area (Å²) in [6.45, 7) is 1.87. The molecule has 0 unspecified atom stereocenters. The molecule has 0 aromatic carbocycles. The molecule has 4 nitrogen and oxygen atoms in total. The Labute approximate surface area is 68.0 Å². The molecule has 1 rings (SSSR count). The molecule has 52 valence electrons. The Morgan fingerprint density at radius 3 is 2.89 bits per heavy atom. The molecular weight excluding hydrogens is 231 g/mol. The standard InChI is InChI=1S/C4H9IN4/c5-9(6)4-7-2-1-3-8-4/h1-3,6H2,(H,7,8). The Morgan fingerprint density at radius 1 is 1.78 bits per heavy atom. The first-order valence-electron chi connectivity index (χ1n) is 2.79. The minimum Gasteiger partial charge on any atom is -0.354 e. The Hall–Kier alpha value is -0.0400. The number of nitrogens with one attached hydrogen (secondary N) is 1. The second-order valence-corrected chi connectivity index (χ2v) is 2.84. The van der Waals surface area contributed by atoms with Crippen molar-refractivity contribution in [2.75, 3.05) is 13.1 Å². The molecule has 9 heavy (non-hydrogen) atoms. The molecule has 3 N–H and O–H groups in total. The maximum Gasteiger partial charge on any atom is 0.217 e. The lowest BCUT2D eigenvalue weighted by Crippen LogP contribution is -2.42. The van der Waals surface area contributed by atoms with Crippen LogP contribution in [0.25, 0.3) is 0 Å². The summed E-state index contributed by atoms with van der Waals surface area (Å²) in [6, 6.07) is 0. The van der Waals surface area contributed by atoms with Gasteiger partial charge in [-0.3, -0.25) is 4.99 Å². The molecule has 0 aromatic heterocycles. The van der Waals surface area contributed by atoms with Gasteiger partial charge in [0.2, 0.25) is 5.96 Å². The van der Waals surface area contributed by atoms with E-state index in [9.17, 15) is 0 Å². The summed E-state index contributed by atoms with van der Waals surface area (Å²) >= 11 is 1.98. The summed E-state index contributed by atoms with van der Waals surface area (Å²) < 4.78 is 1.47. The van der Waals surface area contributed by atoms with Crippen molar-refractivity contribution in [3.63, 3.8) is 0 Å². The van der Waals surface area contributed by atoms with Gasteiger partial charge in [-0.2, -0.15) is 0 Å². The van der Waals surface area contributed by atoms with Gasteiger partial charge in [0, 0.05) is 13.1 Å². The fourth-order valence-electron chi connectivity index (χ4n) is 0.663. The summed E-state index contributed by atoms with van der Waals surface area (Å²) in [5.74, 6) is 6.17. The van der Waals surface area contributed by atoms with Crippen LogP contribution in [-0.4, -0.2) is 22.3 Å². The van der Waals surface area contributed by atoms with Gasteiger partial charge < -0.3 is 5.32 Å². The highest BCUT2D eigenvalue weighted by molar-refractivity contribution is 14.1. The number of hydrogen-bond acceptors (Lipinski definition) is 4. The molecule has 5 heteroatoms. The van der Waals surface area contributed by atoms with Crippen LogP contribution in [0.2, 0.25) is 0 Å². The number of aliphatic imine (C=N–C) groups is 1. The fraction of sp³-hybridized carbons (Fsp3) is 0.750. The molecule has 0 spiro atoms. The van der Waals surface area contributed by atoms with Gasteiger partial charge in [0.1, 0.15) is 0 Å². The topological polar surface area (TPSA) is 53.6 Å². The molecule has 1 heterocycles. The van der Waals surface area contributed by atoms with Crippen molar-refractivity contribution in [3.8, 4) is 0 Å². The van der Waals surface area contributed by atoms with Crippen LogP contribution in [0.5, 0.6) is 0 Å². The van der Waals surface area contributed by atoms with Gasteiger partial charge in [0.15, 0.2) is 0 Å². The summed E-state index contributed by atoms with van der Waals surface area (Å²) in [6.07, 6.45) is 1.11. The smallest absolute Gasteiger partial charge is 0.217 e. The number of nitrogens with two attached hydrogens (primary N) is 1. The lowest BCUT2D eigenvalue weighted by molar-refractivity contribution is 0.651. The van der Waals surface area contributed by atoms with Gasteiger partial charge in [0.25, 0.3) is 0 Å². The molecule has 0 aliphatic carbocycles. The zero-order chi connectivity index (χ0) is 6.69. The number of hydrogen-bond donors (Lipinski definition) is 2. The third kappa shape index (κ3) is 1.98. The summed E-state index contributed by atoms with van der Waals surface area (Å²) in [5.41, 5.74) is 0. The monoisotopic (exact) mass is 240 g/mol. The number of guanidine groups is 1. The van der Waals surface area contributed by atoms with E-state index in [0.29, 0.717) is 0 Å². The van der Waals surface area contributed by atoms with Crippen molar-refractivity contribution in [3.05, 3.63) is 0 Å². The minimum atomic E-state index is 0.779. The maximum absolute atomic E-state index is 5.39. The van der Waals surface area contributed by atoms with E-state index in [2.05, 4.69) is 10.3 Å². The highest BCUT2D eigenvalue weighted by atomic mass is 127. The molecule has 0 radical (unpaired) electrons. The largest absolute Gasteiger partial charge is 0.354 e. The van der Waals surface area contributed by atoms with Crippen molar-refractivity contribution in [1.82, 2.24) is 8.54 Å². The number of nitrogens with zero attached hydrogens (tertiary/aromatic N) is 2. The molecule has 0 saturated carbocycles. The summed E-state index contributed by atoms with van der Waals surface area (Å²) in [7, 11) is 0. The minimum absolute atomic E-state index is 0.779. The van der Waals surface area contributed by atoms with Gasteiger partial charge in [-0.25, -0.2) is 9.06 Å². The highest BCUT2D eigenvalue weighted by Gasteiger charge is 2.05. The first kappa shape index (κ1) is 7.07. The van der Waals surface area contributed by atoms with E-state index in [1.807, 2.05) is 22.9 Å². The second kappa shape index (κ2) is 3.21.